The number of fused-ring (bicyclic) bond motifs is 1. The lowest BCUT2D eigenvalue weighted by molar-refractivity contribution is -0.144. The number of carboxylic acid groups (broad SMARTS) is 1. The van der Waals surface area contributed by atoms with Crippen molar-refractivity contribution < 1.29 is 18.3 Å². The molecule has 1 aromatic rings. The quantitative estimate of drug-likeness (QED) is 0.867. The average Bonchev–Trinajstić information content (AvgIpc) is 3.16. The molecule has 114 valence electrons. The summed E-state index contributed by atoms with van der Waals surface area (Å²) in [4.78, 5) is 11.6. The van der Waals surface area contributed by atoms with Crippen LogP contribution in [-0.2, 0) is 27.7 Å². The standard InChI is InChI=1S/C15H19NO4S/c1-15(14(17)18,12-6-7-12)16-21(19,20)13-8-5-10-3-2-4-11(10)9-13/h5,8-9,12,16H,2-4,6-7H2,1H3,(H,17,18)/t15-/m1/s1. The van der Waals surface area contributed by atoms with Gasteiger partial charge in [0, 0.05) is 0 Å². The highest BCUT2D eigenvalue weighted by molar-refractivity contribution is 7.89. The second kappa shape index (κ2) is 4.81. The van der Waals surface area contributed by atoms with Gasteiger partial charge in [0.2, 0.25) is 10.0 Å². The van der Waals surface area contributed by atoms with Gasteiger partial charge in [-0.1, -0.05) is 6.07 Å². The zero-order valence-electron chi connectivity index (χ0n) is 11.9. The van der Waals surface area contributed by atoms with Crippen molar-refractivity contribution in [2.24, 2.45) is 5.92 Å². The number of nitrogens with one attached hydrogen (secondary N) is 1. The molecule has 1 aromatic carbocycles. The fourth-order valence-electron chi connectivity index (χ4n) is 3.02. The summed E-state index contributed by atoms with van der Waals surface area (Å²) in [6, 6.07) is 5.09. The first-order valence-corrected chi connectivity index (χ1v) is 8.70. The Morgan fingerprint density at radius 1 is 1.29 bits per heavy atom. The third-order valence-corrected chi connectivity index (χ3v) is 6.13. The Kier molecular flexibility index (Phi) is 3.33. The molecule has 6 heteroatoms. The minimum atomic E-state index is -3.82. The van der Waals surface area contributed by atoms with Crippen molar-refractivity contribution in [3.05, 3.63) is 29.3 Å². The number of aryl methyl sites for hydroxylation is 2. The minimum Gasteiger partial charge on any atom is -0.480 e. The molecule has 0 bridgehead atoms. The van der Waals surface area contributed by atoms with E-state index in [-0.39, 0.29) is 10.8 Å². The first-order valence-electron chi connectivity index (χ1n) is 7.22. The molecule has 3 rings (SSSR count). The Labute approximate surface area is 124 Å². The van der Waals surface area contributed by atoms with Crippen molar-refractivity contribution in [2.75, 3.05) is 0 Å². The second-order valence-corrected chi connectivity index (χ2v) is 7.85. The molecule has 0 radical (unpaired) electrons. The summed E-state index contributed by atoms with van der Waals surface area (Å²) in [5.41, 5.74) is 0.830. The van der Waals surface area contributed by atoms with Crippen molar-refractivity contribution in [1.82, 2.24) is 4.72 Å². The van der Waals surface area contributed by atoms with Gasteiger partial charge in [0.1, 0.15) is 5.54 Å². The van der Waals surface area contributed by atoms with Crippen LogP contribution in [0.4, 0.5) is 0 Å². The molecule has 0 amide bonds. The van der Waals surface area contributed by atoms with E-state index in [1.807, 2.05) is 6.07 Å². The summed E-state index contributed by atoms with van der Waals surface area (Å²) in [7, 11) is -3.82. The van der Waals surface area contributed by atoms with Crippen LogP contribution in [-0.4, -0.2) is 25.0 Å². The van der Waals surface area contributed by atoms with Gasteiger partial charge in [-0.2, -0.15) is 4.72 Å². The SMILES string of the molecule is C[C@](NS(=O)(=O)c1ccc2c(c1)CCC2)(C(=O)O)C1CC1. The lowest BCUT2D eigenvalue weighted by Gasteiger charge is -2.25. The largest absolute Gasteiger partial charge is 0.480 e. The molecule has 0 saturated heterocycles. The van der Waals surface area contributed by atoms with E-state index < -0.39 is 21.5 Å². The monoisotopic (exact) mass is 309 g/mol. The van der Waals surface area contributed by atoms with Crippen LogP contribution in [0, 0.1) is 5.92 Å². The number of hydrogen-bond donors (Lipinski definition) is 2. The fourth-order valence-corrected chi connectivity index (χ4v) is 4.49. The summed E-state index contributed by atoms with van der Waals surface area (Å²) in [6.45, 7) is 1.46. The number of carbonyl (C=O) groups is 1. The van der Waals surface area contributed by atoms with Gasteiger partial charge < -0.3 is 5.11 Å². The normalized spacial score (nSPS) is 20.8. The van der Waals surface area contributed by atoms with Crippen molar-refractivity contribution in [2.45, 2.75) is 49.5 Å². The summed E-state index contributed by atoms with van der Waals surface area (Å²) in [5, 5.41) is 9.38. The molecule has 0 unspecified atom stereocenters. The molecule has 1 saturated carbocycles. The van der Waals surface area contributed by atoms with Crippen LogP contribution in [0.25, 0.3) is 0 Å². The maximum absolute atomic E-state index is 12.5. The lowest BCUT2D eigenvalue weighted by atomic mass is 9.98. The van der Waals surface area contributed by atoms with Gasteiger partial charge in [-0.15, -0.1) is 0 Å². The van der Waals surface area contributed by atoms with Crippen LogP contribution in [0.5, 0.6) is 0 Å². The van der Waals surface area contributed by atoms with E-state index in [1.54, 1.807) is 12.1 Å². The van der Waals surface area contributed by atoms with Crippen LogP contribution >= 0.6 is 0 Å². The highest BCUT2D eigenvalue weighted by Gasteiger charge is 2.50. The molecule has 2 aliphatic rings. The van der Waals surface area contributed by atoms with E-state index in [0.717, 1.165) is 37.7 Å². The van der Waals surface area contributed by atoms with Crippen molar-refractivity contribution in [3.8, 4) is 0 Å². The zero-order chi connectivity index (χ0) is 15.3. The van der Waals surface area contributed by atoms with Crippen LogP contribution < -0.4 is 4.72 Å². The van der Waals surface area contributed by atoms with Crippen LogP contribution in [0.15, 0.2) is 23.1 Å². The van der Waals surface area contributed by atoms with Crippen LogP contribution in [0.1, 0.15) is 37.3 Å². The van der Waals surface area contributed by atoms with E-state index >= 15 is 0 Å². The number of aliphatic carboxylic acids is 1. The highest BCUT2D eigenvalue weighted by Crippen LogP contribution is 2.40. The Balaban J connectivity index is 1.91. The average molecular weight is 309 g/mol. The van der Waals surface area contributed by atoms with Gasteiger partial charge in [0.15, 0.2) is 0 Å². The Hall–Kier alpha value is -1.40. The Morgan fingerprint density at radius 2 is 1.95 bits per heavy atom. The molecule has 5 nitrogen and oxygen atoms in total. The first kappa shape index (κ1) is 14.5. The third kappa shape index (κ3) is 2.58. The summed E-state index contributed by atoms with van der Waals surface area (Å²) < 4.78 is 27.4. The Morgan fingerprint density at radius 3 is 2.57 bits per heavy atom. The van der Waals surface area contributed by atoms with Crippen LogP contribution in [0.2, 0.25) is 0 Å². The van der Waals surface area contributed by atoms with Gasteiger partial charge >= 0.3 is 5.97 Å². The minimum absolute atomic E-state index is 0.126. The molecular weight excluding hydrogens is 290 g/mol. The van der Waals surface area contributed by atoms with Gasteiger partial charge in [0.25, 0.3) is 0 Å². The molecule has 0 heterocycles. The van der Waals surface area contributed by atoms with Crippen molar-refractivity contribution in [3.63, 3.8) is 0 Å². The molecule has 1 atom stereocenters. The smallest absolute Gasteiger partial charge is 0.324 e. The third-order valence-electron chi connectivity index (χ3n) is 4.56. The van der Waals surface area contributed by atoms with E-state index in [0.29, 0.717) is 0 Å². The number of carboxylic acids is 1. The fraction of sp³-hybridized carbons (Fsp3) is 0.533. The molecule has 0 aromatic heterocycles. The number of benzene rings is 1. The molecule has 2 N–H and O–H groups in total. The van der Waals surface area contributed by atoms with Crippen molar-refractivity contribution in [1.29, 1.82) is 0 Å². The molecule has 0 spiro atoms. The lowest BCUT2D eigenvalue weighted by Crippen LogP contribution is -2.53. The van der Waals surface area contributed by atoms with Crippen molar-refractivity contribution >= 4 is 16.0 Å². The van der Waals surface area contributed by atoms with E-state index in [4.69, 9.17) is 0 Å². The van der Waals surface area contributed by atoms with E-state index in [1.165, 1.54) is 12.5 Å². The highest BCUT2D eigenvalue weighted by atomic mass is 32.2. The molecule has 21 heavy (non-hydrogen) atoms. The first-order chi connectivity index (χ1) is 9.83. The van der Waals surface area contributed by atoms with Gasteiger partial charge in [-0.3, -0.25) is 4.79 Å². The predicted molar refractivity (Wildman–Crippen MR) is 77.6 cm³/mol. The Bertz CT molecular complexity index is 694. The topological polar surface area (TPSA) is 83.5 Å². The zero-order valence-corrected chi connectivity index (χ0v) is 12.7. The summed E-state index contributed by atoms with van der Waals surface area (Å²) >= 11 is 0. The summed E-state index contributed by atoms with van der Waals surface area (Å²) in [6.07, 6.45) is 4.40. The maximum Gasteiger partial charge on any atom is 0.324 e. The summed E-state index contributed by atoms with van der Waals surface area (Å²) in [5.74, 6) is -1.24. The molecule has 1 fully saturated rings. The molecular formula is C15H19NO4S. The number of sulfonamides is 1. The van der Waals surface area contributed by atoms with Crippen LogP contribution in [0.3, 0.4) is 0 Å². The molecule has 2 aliphatic carbocycles. The molecule has 0 aliphatic heterocycles. The second-order valence-electron chi connectivity index (χ2n) is 6.17. The number of rotatable bonds is 5. The number of hydrogen-bond acceptors (Lipinski definition) is 3. The predicted octanol–water partition coefficient (Wildman–Crippen LogP) is 1.71. The van der Waals surface area contributed by atoms with Gasteiger partial charge in [-0.05, 0) is 68.2 Å². The van der Waals surface area contributed by atoms with Gasteiger partial charge in [0.05, 0.1) is 4.90 Å². The maximum atomic E-state index is 12.5. The van der Waals surface area contributed by atoms with E-state index in [9.17, 15) is 18.3 Å². The van der Waals surface area contributed by atoms with E-state index in [2.05, 4.69) is 4.72 Å². The van der Waals surface area contributed by atoms with Gasteiger partial charge in [-0.25, -0.2) is 8.42 Å².